The van der Waals surface area contributed by atoms with Crippen LogP contribution in [0, 0.1) is 0 Å². The molecule has 0 aliphatic heterocycles. The lowest BCUT2D eigenvalue weighted by Crippen LogP contribution is -2.10. The average molecular weight is 122 g/mol. The molecule has 0 heterocycles. The van der Waals surface area contributed by atoms with Gasteiger partial charge in [-0.1, -0.05) is 6.58 Å². The number of carbonyl (C=O) groups excluding carboxylic acids is 1. The second-order valence-electron chi connectivity index (χ2n) is 0.905. The summed E-state index contributed by atoms with van der Waals surface area (Å²) in [6, 6.07) is 0. The molecule has 0 aliphatic carbocycles. The number of nitrogens with one attached hydrogen (secondary N) is 1. The minimum Gasteiger partial charge on any atom is -0.334 e. The smallest absolute Gasteiger partial charge is 0.220 e. The standard InChI is InChI=1S/C4H7NO.ClH/c1-3-5-4(2)6;/h3H,1H2,2H3,(H,5,6);1H. The molecule has 0 saturated heterocycles. The van der Waals surface area contributed by atoms with E-state index < -0.39 is 0 Å². The van der Waals surface area contributed by atoms with E-state index in [0.29, 0.717) is 0 Å². The Kier molecular flexibility index (Phi) is 7.63. The second kappa shape index (κ2) is 5.50. The first kappa shape index (κ1) is 9.71. The van der Waals surface area contributed by atoms with Crippen molar-refractivity contribution >= 4 is 18.3 Å². The van der Waals surface area contributed by atoms with Gasteiger partial charge in [-0.25, -0.2) is 0 Å². The monoisotopic (exact) mass is 121 g/mol. The van der Waals surface area contributed by atoms with Crippen LogP contribution < -0.4 is 5.32 Å². The Morgan fingerprint density at radius 3 is 2.29 bits per heavy atom. The topological polar surface area (TPSA) is 29.1 Å². The van der Waals surface area contributed by atoms with Crippen molar-refractivity contribution < 1.29 is 4.79 Å². The Labute approximate surface area is 49.0 Å². The van der Waals surface area contributed by atoms with Crippen molar-refractivity contribution in [2.45, 2.75) is 6.92 Å². The first-order valence-electron chi connectivity index (χ1n) is 1.65. The van der Waals surface area contributed by atoms with Crippen LogP contribution in [-0.2, 0) is 4.79 Å². The first-order valence-corrected chi connectivity index (χ1v) is 1.65. The van der Waals surface area contributed by atoms with E-state index in [2.05, 4.69) is 11.9 Å². The van der Waals surface area contributed by atoms with E-state index in [1.807, 2.05) is 0 Å². The van der Waals surface area contributed by atoms with E-state index >= 15 is 0 Å². The molecule has 0 saturated carbocycles. The summed E-state index contributed by atoms with van der Waals surface area (Å²) in [6.07, 6.45) is 1.35. The van der Waals surface area contributed by atoms with Gasteiger partial charge in [-0.2, -0.15) is 0 Å². The van der Waals surface area contributed by atoms with Crippen molar-refractivity contribution in [1.82, 2.24) is 5.32 Å². The van der Waals surface area contributed by atoms with E-state index in [9.17, 15) is 4.79 Å². The summed E-state index contributed by atoms with van der Waals surface area (Å²) in [5, 5.41) is 2.33. The summed E-state index contributed by atoms with van der Waals surface area (Å²) < 4.78 is 0. The van der Waals surface area contributed by atoms with Gasteiger partial charge in [-0.15, -0.1) is 12.4 Å². The Morgan fingerprint density at radius 1 is 1.86 bits per heavy atom. The van der Waals surface area contributed by atoms with Gasteiger partial charge in [0.25, 0.3) is 0 Å². The molecule has 0 fully saturated rings. The van der Waals surface area contributed by atoms with Crippen molar-refractivity contribution in [2.75, 3.05) is 0 Å². The Hall–Kier alpha value is -0.500. The Morgan fingerprint density at radius 2 is 2.29 bits per heavy atom. The van der Waals surface area contributed by atoms with Crippen LogP contribution in [-0.4, -0.2) is 5.91 Å². The second-order valence-corrected chi connectivity index (χ2v) is 0.905. The molecule has 0 unspecified atom stereocenters. The molecule has 1 N–H and O–H groups in total. The number of rotatable bonds is 1. The summed E-state index contributed by atoms with van der Waals surface area (Å²) in [5.41, 5.74) is 0. The molecule has 0 aromatic rings. The highest BCUT2D eigenvalue weighted by Crippen LogP contribution is 1.54. The summed E-state index contributed by atoms with van der Waals surface area (Å²) in [5.74, 6) is -0.0787. The molecule has 0 spiro atoms. The summed E-state index contributed by atoms with van der Waals surface area (Å²) >= 11 is 0. The van der Waals surface area contributed by atoms with Gasteiger partial charge in [0.15, 0.2) is 0 Å². The van der Waals surface area contributed by atoms with E-state index in [-0.39, 0.29) is 18.3 Å². The van der Waals surface area contributed by atoms with Crippen LogP contribution >= 0.6 is 12.4 Å². The number of amides is 1. The van der Waals surface area contributed by atoms with E-state index in [1.165, 1.54) is 13.1 Å². The van der Waals surface area contributed by atoms with Gasteiger partial charge in [0, 0.05) is 6.92 Å². The molecule has 3 heteroatoms. The normalized spacial score (nSPS) is 5.86. The fraction of sp³-hybridized carbons (Fsp3) is 0.250. The van der Waals surface area contributed by atoms with Gasteiger partial charge in [0.2, 0.25) is 5.91 Å². The van der Waals surface area contributed by atoms with Crippen LogP contribution in [0.4, 0.5) is 0 Å². The van der Waals surface area contributed by atoms with Crippen molar-refractivity contribution in [3.05, 3.63) is 12.8 Å². The SMILES string of the molecule is C=CNC(C)=O.Cl. The molecule has 0 aromatic carbocycles. The molecule has 0 rings (SSSR count). The zero-order valence-corrected chi connectivity index (χ0v) is 4.92. The number of carbonyl (C=O) groups is 1. The molecular weight excluding hydrogens is 114 g/mol. The molecule has 0 aromatic heterocycles. The predicted octanol–water partition coefficient (Wildman–Crippen LogP) is 0.688. The molecule has 42 valence electrons. The van der Waals surface area contributed by atoms with Crippen LogP contribution in [0.5, 0.6) is 0 Å². The number of hydrogen-bond acceptors (Lipinski definition) is 1. The maximum absolute atomic E-state index is 9.86. The van der Waals surface area contributed by atoms with Crippen LogP contribution in [0.1, 0.15) is 6.92 Å². The first-order chi connectivity index (χ1) is 2.77. The maximum atomic E-state index is 9.86. The van der Waals surface area contributed by atoms with Gasteiger partial charge >= 0.3 is 0 Å². The third kappa shape index (κ3) is 10.8. The van der Waals surface area contributed by atoms with E-state index in [4.69, 9.17) is 0 Å². The Bertz CT molecular complexity index is 72.1. The van der Waals surface area contributed by atoms with Crippen LogP contribution in [0.15, 0.2) is 12.8 Å². The molecule has 1 amide bonds. The van der Waals surface area contributed by atoms with E-state index in [1.54, 1.807) is 0 Å². The molecule has 0 aliphatic rings. The molecular formula is C4H8ClNO. The van der Waals surface area contributed by atoms with Crippen molar-refractivity contribution in [3.63, 3.8) is 0 Å². The highest BCUT2D eigenvalue weighted by molar-refractivity contribution is 5.85. The largest absolute Gasteiger partial charge is 0.334 e. The minimum atomic E-state index is -0.0787. The maximum Gasteiger partial charge on any atom is 0.220 e. The predicted molar refractivity (Wildman–Crippen MR) is 31.3 cm³/mol. The lowest BCUT2D eigenvalue weighted by atomic mass is 10.7. The van der Waals surface area contributed by atoms with Crippen LogP contribution in [0.2, 0.25) is 0 Å². The number of halogens is 1. The fourth-order valence-corrected chi connectivity index (χ4v) is 0.144. The van der Waals surface area contributed by atoms with Crippen LogP contribution in [0.3, 0.4) is 0 Å². The Balaban J connectivity index is 0. The minimum absolute atomic E-state index is 0. The molecule has 0 atom stereocenters. The highest BCUT2D eigenvalue weighted by atomic mass is 35.5. The van der Waals surface area contributed by atoms with E-state index in [0.717, 1.165) is 0 Å². The van der Waals surface area contributed by atoms with Crippen molar-refractivity contribution in [2.24, 2.45) is 0 Å². The lowest BCUT2D eigenvalue weighted by Gasteiger charge is -1.83. The molecule has 2 nitrogen and oxygen atoms in total. The zero-order valence-electron chi connectivity index (χ0n) is 4.10. The lowest BCUT2D eigenvalue weighted by molar-refractivity contribution is -0.118. The van der Waals surface area contributed by atoms with Crippen molar-refractivity contribution in [1.29, 1.82) is 0 Å². The van der Waals surface area contributed by atoms with Gasteiger partial charge < -0.3 is 5.32 Å². The van der Waals surface area contributed by atoms with Gasteiger partial charge in [0.1, 0.15) is 0 Å². The summed E-state index contributed by atoms with van der Waals surface area (Å²) in [7, 11) is 0. The molecule has 0 radical (unpaired) electrons. The quantitative estimate of drug-likeness (QED) is 0.543. The number of hydrogen-bond donors (Lipinski definition) is 1. The third-order valence-corrected chi connectivity index (χ3v) is 0.305. The van der Waals surface area contributed by atoms with Gasteiger partial charge in [0.05, 0.1) is 0 Å². The molecule has 0 bridgehead atoms. The fourth-order valence-electron chi connectivity index (χ4n) is 0.144. The van der Waals surface area contributed by atoms with Gasteiger partial charge in [-0.3, -0.25) is 4.79 Å². The molecule has 7 heavy (non-hydrogen) atoms. The van der Waals surface area contributed by atoms with Crippen LogP contribution in [0.25, 0.3) is 0 Å². The third-order valence-electron chi connectivity index (χ3n) is 0.305. The summed E-state index contributed by atoms with van der Waals surface area (Å²) in [4.78, 5) is 9.86. The van der Waals surface area contributed by atoms with Gasteiger partial charge in [-0.05, 0) is 6.20 Å². The van der Waals surface area contributed by atoms with Crippen molar-refractivity contribution in [3.8, 4) is 0 Å². The highest BCUT2D eigenvalue weighted by Gasteiger charge is 1.75. The zero-order chi connectivity index (χ0) is 4.99. The average Bonchev–Trinajstić information content (AvgIpc) is 1.35. The summed E-state index contributed by atoms with van der Waals surface area (Å²) in [6.45, 7) is 4.70.